The Balaban J connectivity index is 3.25. The van der Waals surface area contributed by atoms with Gasteiger partial charge in [0.1, 0.15) is 6.61 Å². The van der Waals surface area contributed by atoms with E-state index >= 15 is 0 Å². The molecule has 0 unspecified atom stereocenters. The van der Waals surface area contributed by atoms with Gasteiger partial charge in [0.25, 0.3) is 0 Å². The quantitative estimate of drug-likeness (QED) is 0.385. The van der Waals surface area contributed by atoms with Crippen LogP contribution >= 0.6 is 0 Å². The lowest BCUT2D eigenvalue weighted by atomic mass is 10.1. The Bertz CT molecular complexity index is 253. The van der Waals surface area contributed by atoms with E-state index in [0.717, 1.165) is 12.8 Å². The smallest absolute Gasteiger partial charge is 0.308 e. The summed E-state index contributed by atoms with van der Waals surface area (Å²) in [6.07, 6.45) is 6.30. The average molecular weight is 288 g/mol. The molecule has 0 aliphatic rings. The van der Waals surface area contributed by atoms with Crippen molar-refractivity contribution < 1.29 is 23.8 Å². The summed E-state index contributed by atoms with van der Waals surface area (Å²) in [6, 6.07) is 0. The molecule has 0 bridgehead atoms. The Hall–Kier alpha value is -1.10. The van der Waals surface area contributed by atoms with E-state index in [2.05, 4.69) is 6.92 Å². The molecule has 0 saturated carbocycles. The number of carbonyl (C=O) groups is 2. The molecule has 0 N–H and O–H groups in total. The van der Waals surface area contributed by atoms with Crippen LogP contribution in [0, 0.1) is 0 Å². The van der Waals surface area contributed by atoms with E-state index in [1.807, 2.05) is 0 Å². The lowest BCUT2D eigenvalue weighted by Gasteiger charge is -2.06. The van der Waals surface area contributed by atoms with Gasteiger partial charge in [-0.05, 0) is 13.3 Å². The van der Waals surface area contributed by atoms with Crippen LogP contribution in [-0.4, -0.2) is 38.4 Å². The van der Waals surface area contributed by atoms with Gasteiger partial charge in [0.15, 0.2) is 0 Å². The Kier molecular flexibility index (Phi) is 13.5. The van der Waals surface area contributed by atoms with Gasteiger partial charge in [0.05, 0.1) is 26.2 Å². The molecule has 0 aliphatic carbocycles. The maximum atomic E-state index is 11.3. The molecule has 0 aromatic carbocycles. The standard InChI is InChI=1S/C15H28O5/c1-3-5-6-7-8-9-14(16)20-13-12-18-11-10-15(17)19-4-2/h3-13H2,1-2H3. The second-order valence-corrected chi connectivity index (χ2v) is 4.55. The Morgan fingerprint density at radius 1 is 0.750 bits per heavy atom. The fourth-order valence-electron chi connectivity index (χ4n) is 1.65. The molecule has 0 rings (SSSR count). The van der Waals surface area contributed by atoms with Crippen molar-refractivity contribution in [1.82, 2.24) is 0 Å². The first-order chi connectivity index (χ1) is 9.70. The predicted octanol–water partition coefficient (Wildman–Crippen LogP) is 2.86. The lowest BCUT2D eigenvalue weighted by Crippen LogP contribution is -2.13. The number of carbonyl (C=O) groups excluding carboxylic acids is 2. The number of hydrogen-bond donors (Lipinski definition) is 0. The molecule has 0 amide bonds. The van der Waals surface area contributed by atoms with E-state index in [1.165, 1.54) is 19.3 Å². The van der Waals surface area contributed by atoms with E-state index in [4.69, 9.17) is 14.2 Å². The van der Waals surface area contributed by atoms with Crippen molar-refractivity contribution in [2.24, 2.45) is 0 Å². The second kappa shape index (κ2) is 14.3. The molecule has 0 spiro atoms. The minimum atomic E-state index is -0.267. The van der Waals surface area contributed by atoms with E-state index in [-0.39, 0.29) is 25.0 Å². The van der Waals surface area contributed by atoms with Crippen LogP contribution in [0.3, 0.4) is 0 Å². The SMILES string of the molecule is CCCCCCCC(=O)OCCOCCC(=O)OCC. The van der Waals surface area contributed by atoms with Gasteiger partial charge in [-0.25, -0.2) is 0 Å². The monoisotopic (exact) mass is 288 g/mol. The van der Waals surface area contributed by atoms with Gasteiger partial charge in [-0.1, -0.05) is 32.6 Å². The van der Waals surface area contributed by atoms with Crippen LogP contribution in [0.1, 0.15) is 58.8 Å². The normalized spacial score (nSPS) is 10.3. The molecule has 5 nitrogen and oxygen atoms in total. The van der Waals surface area contributed by atoms with Crippen molar-refractivity contribution in [2.75, 3.05) is 26.4 Å². The van der Waals surface area contributed by atoms with Crippen LogP contribution in [-0.2, 0) is 23.8 Å². The van der Waals surface area contributed by atoms with Gasteiger partial charge in [-0.2, -0.15) is 0 Å². The van der Waals surface area contributed by atoms with Gasteiger partial charge in [-0.3, -0.25) is 9.59 Å². The van der Waals surface area contributed by atoms with Gasteiger partial charge in [0, 0.05) is 6.42 Å². The average Bonchev–Trinajstić information content (AvgIpc) is 2.42. The number of rotatable bonds is 13. The van der Waals surface area contributed by atoms with Crippen molar-refractivity contribution in [3.8, 4) is 0 Å². The summed E-state index contributed by atoms with van der Waals surface area (Å²) in [6.45, 7) is 5.18. The molecule has 0 aliphatic heterocycles. The first-order valence-corrected chi connectivity index (χ1v) is 7.59. The molecule has 118 valence electrons. The highest BCUT2D eigenvalue weighted by Crippen LogP contribution is 2.05. The summed E-state index contributed by atoms with van der Waals surface area (Å²) in [5, 5.41) is 0. The number of ether oxygens (including phenoxy) is 3. The number of hydrogen-bond acceptors (Lipinski definition) is 5. The Labute approximate surface area is 122 Å². The first kappa shape index (κ1) is 18.9. The summed E-state index contributed by atoms with van der Waals surface area (Å²) >= 11 is 0. The van der Waals surface area contributed by atoms with E-state index in [1.54, 1.807) is 6.92 Å². The third-order valence-electron chi connectivity index (χ3n) is 2.73. The fourth-order valence-corrected chi connectivity index (χ4v) is 1.65. The molecule has 0 heterocycles. The minimum Gasteiger partial charge on any atom is -0.466 e. The summed E-state index contributed by atoms with van der Waals surface area (Å²) in [5.41, 5.74) is 0. The fraction of sp³-hybridized carbons (Fsp3) is 0.867. The van der Waals surface area contributed by atoms with Crippen molar-refractivity contribution in [3.05, 3.63) is 0 Å². The second-order valence-electron chi connectivity index (χ2n) is 4.55. The molecular formula is C15H28O5. The van der Waals surface area contributed by atoms with Crippen molar-refractivity contribution in [2.45, 2.75) is 58.8 Å². The Morgan fingerprint density at radius 3 is 2.15 bits per heavy atom. The molecular weight excluding hydrogens is 260 g/mol. The van der Waals surface area contributed by atoms with Crippen LogP contribution < -0.4 is 0 Å². The van der Waals surface area contributed by atoms with Gasteiger partial charge >= 0.3 is 11.9 Å². The number of unbranched alkanes of at least 4 members (excludes halogenated alkanes) is 4. The minimum absolute atomic E-state index is 0.171. The Morgan fingerprint density at radius 2 is 1.45 bits per heavy atom. The molecule has 0 radical (unpaired) electrons. The van der Waals surface area contributed by atoms with E-state index < -0.39 is 0 Å². The van der Waals surface area contributed by atoms with E-state index in [0.29, 0.717) is 26.2 Å². The molecule has 5 heteroatoms. The summed E-state index contributed by atoms with van der Waals surface area (Å²) in [7, 11) is 0. The zero-order valence-corrected chi connectivity index (χ0v) is 12.8. The lowest BCUT2D eigenvalue weighted by molar-refractivity contribution is -0.147. The third-order valence-corrected chi connectivity index (χ3v) is 2.73. The van der Waals surface area contributed by atoms with Crippen molar-refractivity contribution in [1.29, 1.82) is 0 Å². The molecule has 0 aromatic rings. The zero-order chi connectivity index (χ0) is 15.1. The maximum absolute atomic E-state index is 11.3. The van der Waals surface area contributed by atoms with Crippen molar-refractivity contribution >= 4 is 11.9 Å². The predicted molar refractivity (Wildman–Crippen MR) is 76.4 cm³/mol. The first-order valence-electron chi connectivity index (χ1n) is 7.59. The van der Waals surface area contributed by atoms with Crippen LogP contribution in [0.5, 0.6) is 0 Å². The van der Waals surface area contributed by atoms with Crippen LogP contribution in [0.4, 0.5) is 0 Å². The molecule has 0 atom stereocenters. The van der Waals surface area contributed by atoms with Gasteiger partial charge in [0.2, 0.25) is 0 Å². The van der Waals surface area contributed by atoms with E-state index in [9.17, 15) is 9.59 Å². The van der Waals surface area contributed by atoms with Gasteiger partial charge < -0.3 is 14.2 Å². The zero-order valence-electron chi connectivity index (χ0n) is 12.8. The van der Waals surface area contributed by atoms with Crippen molar-refractivity contribution in [3.63, 3.8) is 0 Å². The third kappa shape index (κ3) is 13.3. The highest BCUT2D eigenvalue weighted by Gasteiger charge is 2.03. The number of esters is 2. The molecule has 0 aromatic heterocycles. The summed E-state index contributed by atoms with van der Waals surface area (Å²) in [5.74, 6) is -0.438. The van der Waals surface area contributed by atoms with Crippen LogP contribution in [0.25, 0.3) is 0 Å². The molecule has 0 saturated heterocycles. The maximum Gasteiger partial charge on any atom is 0.308 e. The topological polar surface area (TPSA) is 61.8 Å². The largest absolute Gasteiger partial charge is 0.466 e. The van der Waals surface area contributed by atoms with Crippen LogP contribution in [0.2, 0.25) is 0 Å². The highest BCUT2D eigenvalue weighted by molar-refractivity contribution is 5.69. The summed E-state index contributed by atoms with van der Waals surface area (Å²) < 4.78 is 15.0. The van der Waals surface area contributed by atoms with Gasteiger partial charge in [-0.15, -0.1) is 0 Å². The highest BCUT2D eigenvalue weighted by atomic mass is 16.6. The van der Waals surface area contributed by atoms with Crippen LogP contribution in [0.15, 0.2) is 0 Å². The molecule has 20 heavy (non-hydrogen) atoms. The summed E-state index contributed by atoms with van der Waals surface area (Å²) in [4.78, 5) is 22.3. The molecule has 0 fully saturated rings.